The van der Waals surface area contributed by atoms with Gasteiger partial charge in [0.05, 0.1) is 6.61 Å². The fourth-order valence-corrected chi connectivity index (χ4v) is 6.31. The van der Waals surface area contributed by atoms with Gasteiger partial charge >= 0.3 is 0 Å². The molecule has 1 saturated carbocycles. The van der Waals surface area contributed by atoms with E-state index in [0.29, 0.717) is 24.5 Å². The molecule has 1 aliphatic carbocycles. The molecular formula is C24H26FN3O2S. The third-order valence-corrected chi connectivity index (χ3v) is 7.94. The summed E-state index contributed by atoms with van der Waals surface area (Å²) in [7, 11) is 0. The van der Waals surface area contributed by atoms with Gasteiger partial charge in [-0.15, -0.1) is 0 Å². The lowest BCUT2D eigenvalue weighted by atomic mass is 9.85. The zero-order valence-electron chi connectivity index (χ0n) is 17.5. The Labute approximate surface area is 185 Å². The molecule has 2 N–H and O–H groups in total. The number of carbonyl (C=O) groups is 1. The summed E-state index contributed by atoms with van der Waals surface area (Å²) in [4.78, 5) is 13.1. The van der Waals surface area contributed by atoms with Crippen LogP contribution in [0.15, 0.2) is 47.6 Å². The zero-order chi connectivity index (χ0) is 21.6. The molecule has 2 aromatic carbocycles. The number of ether oxygens (including phenoxy) is 1. The maximum Gasteiger partial charge on any atom is 0.247 e. The molecular weight excluding hydrogens is 413 g/mol. The summed E-state index contributed by atoms with van der Waals surface area (Å²) in [5.74, 6) is 0.316. The number of thioether (sulfide) groups is 1. The molecule has 1 spiro atoms. The van der Waals surface area contributed by atoms with E-state index in [-0.39, 0.29) is 23.7 Å². The molecule has 0 aromatic heterocycles. The van der Waals surface area contributed by atoms with Gasteiger partial charge in [0.1, 0.15) is 21.5 Å². The van der Waals surface area contributed by atoms with Crippen molar-refractivity contribution in [1.82, 2.24) is 5.01 Å². The number of fused-ring (bicyclic) bond motifs is 2. The first-order valence-corrected chi connectivity index (χ1v) is 11.7. The van der Waals surface area contributed by atoms with Crippen molar-refractivity contribution in [1.29, 1.82) is 0 Å². The lowest BCUT2D eigenvalue weighted by Crippen LogP contribution is -2.48. The Morgan fingerprint density at radius 1 is 1.29 bits per heavy atom. The molecule has 5 rings (SSSR count). The largest absolute Gasteiger partial charge is 0.493 e. The average Bonchev–Trinajstić information content (AvgIpc) is 3.15. The van der Waals surface area contributed by atoms with Crippen molar-refractivity contribution in [2.24, 2.45) is 16.8 Å². The van der Waals surface area contributed by atoms with E-state index in [1.807, 2.05) is 31.2 Å². The maximum atomic E-state index is 14.1. The van der Waals surface area contributed by atoms with Gasteiger partial charge in [-0.05, 0) is 49.9 Å². The first-order chi connectivity index (χ1) is 15.0. The number of rotatable bonds is 2. The highest BCUT2D eigenvalue weighted by atomic mass is 32.2. The van der Waals surface area contributed by atoms with Crippen LogP contribution in [0, 0.1) is 18.7 Å². The molecule has 1 unspecified atom stereocenters. The molecule has 2 heterocycles. The Bertz CT molecular complexity index is 1060. The van der Waals surface area contributed by atoms with Crippen LogP contribution in [0.5, 0.6) is 5.75 Å². The molecule has 3 aliphatic rings. The number of hydrogen-bond donors (Lipinski definition) is 1. The van der Waals surface area contributed by atoms with E-state index in [0.717, 1.165) is 41.7 Å². The fraction of sp³-hybridized carbons (Fsp3) is 0.417. The Morgan fingerprint density at radius 2 is 2.13 bits per heavy atom. The smallest absolute Gasteiger partial charge is 0.247 e. The molecule has 0 bridgehead atoms. The highest BCUT2D eigenvalue weighted by molar-refractivity contribution is 8.15. The number of halogens is 1. The van der Waals surface area contributed by atoms with Gasteiger partial charge in [-0.2, -0.15) is 5.10 Å². The second-order valence-electron chi connectivity index (χ2n) is 8.62. The van der Waals surface area contributed by atoms with Crippen LogP contribution in [0.4, 0.5) is 4.39 Å². The van der Waals surface area contributed by atoms with E-state index < -0.39 is 4.87 Å². The Kier molecular flexibility index (Phi) is 5.26. The third-order valence-electron chi connectivity index (χ3n) is 6.51. The molecule has 5 nitrogen and oxygen atoms in total. The number of amides is 1. The van der Waals surface area contributed by atoms with E-state index >= 15 is 0 Å². The van der Waals surface area contributed by atoms with Crippen LogP contribution in [-0.2, 0) is 9.67 Å². The molecule has 162 valence electrons. The highest BCUT2D eigenvalue weighted by Gasteiger charge is 2.52. The minimum atomic E-state index is -0.693. The first-order valence-electron chi connectivity index (χ1n) is 10.8. The van der Waals surface area contributed by atoms with Crippen LogP contribution in [0.1, 0.15) is 48.8 Å². The standard InChI is InChI=1S/C24H26FN3O2S/c1-15-9-10-17(25)14-19(15)22-27-28(23(29)16-5-4-6-18(26)13-16)24(31-22)11-12-30-21-8-3-2-7-20(21)24/h2-3,7-10,14,16,18H,4-6,11-13,26H2,1H3/t16-,18+,24?/m1/s1. The van der Waals surface area contributed by atoms with Gasteiger partial charge in [-0.3, -0.25) is 4.79 Å². The molecule has 1 amide bonds. The molecule has 1 fully saturated rings. The van der Waals surface area contributed by atoms with Gasteiger partial charge < -0.3 is 10.5 Å². The predicted octanol–water partition coefficient (Wildman–Crippen LogP) is 4.52. The summed E-state index contributed by atoms with van der Waals surface area (Å²) < 4.78 is 20.0. The molecule has 31 heavy (non-hydrogen) atoms. The van der Waals surface area contributed by atoms with Gasteiger partial charge in [0.2, 0.25) is 5.91 Å². The number of benzene rings is 2. The highest BCUT2D eigenvalue weighted by Crippen LogP contribution is 2.55. The topological polar surface area (TPSA) is 67.9 Å². The molecule has 0 saturated heterocycles. The SMILES string of the molecule is Cc1ccc(F)cc1C1=NN(C(=O)[C@@H]2CCC[C@H](N)C2)C2(CCOc3ccccc32)S1. The Balaban J connectivity index is 1.61. The summed E-state index contributed by atoms with van der Waals surface area (Å²) in [6, 6.07) is 12.6. The van der Waals surface area contributed by atoms with Gasteiger partial charge in [0.25, 0.3) is 0 Å². The number of para-hydroxylation sites is 1. The summed E-state index contributed by atoms with van der Waals surface area (Å²) in [5, 5.41) is 7.17. The van der Waals surface area contributed by atoms with Crippen LogP contribution in [0.2, 0.25) is 0 Å². The summed E-state index contributed by atoms with van der Waals surface area (Å²) in [6.45, 7) is 2.43. The number of aryl methyl sites for hydroxylation is 1. The lowest BCUT2D eigenvalue weighted by molar-refractivity contribution is -0.141. The number of hydrogen-bond acceptors (Lipinski definition) is 5. The van der Waals surface area contributed by atoms with Gasteiger partial charge in [0, 0.05) is 29.5 Å². The van der Waals surface area contributed by atoms with Crippen LogP contribution >= 0.6 is 11.8 Å². The van der Waals surface area contributed by atoms with Crippen LogP contribution in [0.25, 0.3) is 0 Å². The Morgan fingerprint density at radius 3 is 2.97 bits per heavy atom. The quantitative estimate of drug-likeness (QED) is 0.747. The zero-order valence-corrected chi connectivity index (χ0v) is 18.3. The summed E-state index contributed by atoms with van der Waals surface area (Å²) in [5.41, 5.74) is 8.78. The van der Waals surface area contributed by atoms with E-state index in [1.165, 1.54) is 23.9 Å². The molecule has 3 atom stereocenters. The minimum Gasteiger partial charge on any atom is -0.493 e. The third kappa shape index (κ3) is 3.53. The minimum absolute atomic E-state index is 0.00316. The average molecular weight is 440 g/mol. The van der Waals surface area contributed by atoms with E-state index in [4.69, 9.17) is 15.6 Å². The fourth-order valence-electron chi connectivity index (χ4n) is 4.86. The van der Waals surface area contributed by atoms with Gasteiger partial charge in [0.15, 0.2) is 0 Å². The van der Waals surface area contributed by atoms with Crippen molar-refractivity contribution in [2.75, 3.05) is 6.61 Å². The second-order valence-corrected chi connectivity index (χ2v) is 9.89. The lowest BCUT2D eigenvalue weighted by Gasteiger charge is -2.41. The molecule has 2 aliphatic heterocycles. The van der Waals surface area contributed by atoms with Crippen LogP contribution in [-0.4, -0.2) is 28.6 Å². The Hall–Kier alpha value is -2.38. The van der Waals surface area contributed by atoms with Crippen molar-refractivity contribution >= 4 is 22.7 Å². The van der Waals surface area contributed by atoms with Crippen LogP contribution in [0.3, 0.4) is 0 Å². The number of hydrazone groups is 1. The normalized spacial score (nSPS) is 27.6. The van der Waals surface area contributed by atoms with Gasteiger partial charge in [-0.25, -0.2) is 9.40 Å². The van der Waals surface area contributed by atoms with Crippen molar-refractivity contribution < 1.29 is 13.9 Å². The van der Waals surface area contributed by atoms with Crippen molar-refractivity contribution in [2.45, 2.75) is 49.9 Å². The van der Waals surface area contributed by atoms with Crippen molar-refractivity contribution in [3.8, 4) is 5.75 Å². The summed E-state index contributed by atoms with van der Waals surface area (Å²) >= 11 is 1.53. The molecule has 7 heteroatoms. The number of carbonyl (C=O) groups excluding carboxylic acids is 1. The second kappa shape index (κ2) is 7.95. The monoisotopic (exact) mass is 439 g/mol. The number of nitrogens with zero attached hydrogens (tertiary/aromatic N) is 2. The van der Waals surface area contributed by atoms with Gasteiger partial charge in [-0.1, -0.05) is 42.4 Å². The van der Waals surface area contributed by atoms with Crippen molar-refractivity contribution in [3.05, 3.63) is 65.0 Å². The number of nitrogens with two attached hydrogens (primary N) is 1. The summed E-state index contributed by atoms with van der Waals surface area (Å²) in [6.07, 6.45) is 4.02. The van der Waals surface area contributed by atoms with E-state index in [2.05, 4.69) is 0 Å². The van der Waals surface area contributed by atoms with Crippen molar-refractivity contribution in [3.63, 3.8) is 0 Å². The van der Waals surface area contributed by atoms with E-state index in [9.17, 15) is 9.18 Å². The first kappa shape index (κ1) is 20.5. The molecule has 2 aromatic rings. The predicted molar refractivity (Wildman–Crippen MR) is 120 cm³/mol. The van der Waals surface area contributed by atoms with Crippen LogP contribution < -0.4 is 10.5 Å². The van der Waals surface area contributed by atoms with E-state index in [1.54, 1.807) is 11.1 Å². The molecule has 0 radical (unpaired) electrons. The maximum absolute atomic E-state index is 14.1.